The zero-order valence-corrected chi connectivity index (χ0v) is 14.2. The van der Waals surface area contributed by atoms with Gasteiger partial charge in [0.15, 0.2) is 0 Å². The summed E-state index contributed by atoms with van der Waals surface area (Å²) in [5.74, 6) is 2.27. The number of aldehydes is 1. The van der Waals surface area contributed by atoms with E-state index in [1.165, 1.54) is 6.21 Å². The Morgan fingerprint density at radius 2 is 1.38 bits per heavy atom. The molecule has 0 amide bonds. The van der Waals surface area contributed by atoms with Gasteiger partial charge in [0.2, 0.25) is 0 Å². The third-order valence-electron chi connectivity index (χ3n) is 4.11. The number of oxime groups is 1. The van der Waals surface area contributed by atoms with Crippen LogP contribution in [0.1, 0.15) is 53.4 Å². The third kappa shape index (κ3) is 13.4. The maximum Gasteiger partial charge on any atom is 0.120 e. The van der Waals surface area contributed by atoms with Crippen LogP contribution in [0, 0.1) is 23.7 Å². The van der Waals surface area contributed by atoms with Gasteiger partial charge in [-0.05, 0) is 42.9 Å². The SMILES string of the molecule is C=C[C@H](C)[C@@H](C)CC/C=N/O.C=C[C@H](C)[C@@H](C)CCC=O. The third-order valence-corrected chi connectivity index (χ3v) is 4.11. The lowest BCUT2D eigenvalue weighted by atomic mass is 9.92. The first-order valence-electron chi connectivity index (χ1n) is 7.79. The zero-order valence-electron chi connectivity index (χ0n) is 14.2. The van der Waals surface area contributed by atoms with Gasteiger partial charge in [-0.3, -0.25) is 0 Å². The first kappa shape index (κ1) is 21.9. The van der Waals surface area contributed by atoms with Crippen molar-refractivity contribution in [1.29, 1.82) is 0 Å². The highest BCUT2D eigenvalue weighted by Crippen LogP contribution is 2.17. The molecule has 0 spiro atoms. The lowest BCUT2D eigenvalue weighted by molar-refractivity contribution is -0.108. The van der Waals surface area contributed by atoms with Crippen LogP contribution in [0.15, 0.2) is 30.5 Å². The van der Waals surface area contributed by atoms with Crippen molar-refractivity contribution in [3.63, 3.8) is 0 Å². The second-order valence-electron chi connectivity index (χ2n) is 5.76. The smallest absolute Gasteiger partial charge is 0.120 e. The first-order valence-corrected chi connectivity index (χ1v) is 7.79. The Morgan fingerprint density at radius 1 is 0.952 bits per heavy atom. The number of carbonyl (C=O) groups excluding carboxylic acids is 1. The molecule has 0 aromatic heterocycles. The standard InChI is InChI=1S/C9H17NO.C9H16O/c1-4-8(2)9(3)6-5-7-10-11;1-4-8(2)9(3)6-5-7-10/h4,7-9,11H,1,5-6H2,2-3H3;4,7-9H,1,5-6H2,2-3H3/b10-7+;/t2*8-,9-/m00/s1. The molecule has 0 aliphatic carbocycles. The van der Waals surface area contributed by atoms with E-state index in [2.05, 4.69) is 46.0 Å². The van der Waals surface area contributed by atoms with Gasteiger partial charge in [-0.15, -0.1) is 18.3 Å². The molecule has 3 heteroatoms. The van der Waals surface area contributed by atoms with Crippen LogP contribution in [0.25, 0.3) is 0 Å². The summed E-state index contributed by atoms with van der Waals surface area (Å²) in [5.41, 5.74) is 0. The summed E-state index contributed by atoms with van der Waals surface area (Å²) < 4.78 is 0. The predicted molar refractivity (Wildman–Crippen MR) is 91.9 cm³/mol. The van der Waals surface area contributed by atoms with E-state index < -0.39 is 0 Å². The van der Waals surface area contributed by atoms with E-state index in [-0.39, 0.29) is 0 Å². The minimum Gasteiger partial charge on any atom is -0.411 e. The first-order chi connectivity index (χ1) is 9.94. The van der Waals surface area contributed by atoms with Gasteiger partial charge in [0.05, 0.1) is 0 Å². The van der Waals surface area contributed by atoms with E-state index >= 15 is 0 Å². The van der Waals surface area contributed by atoms with Crippen LogP contribution in [-0.2, 0) is 4.79 Å². The summed E-state index contributed by atoms with van der Waals surface area (Å²) >= 11 is 0. The predicted octanol–water partition coefficient (Wildman–Crippen LogP) is 5.11. The van der Waals surface area contributed by atoms with E-state index in [4.69, 9.17) is 5.21 Å². The van der Waals surface area contributed by atoms with E-state index in [0.717, 1.165) is 25.5 Å². The van der Waals surface area contributed by atoms with Gasteiger partial charge in [-0.25, -0.2) is 0 Å². The Bertz CT molecular complexity index is 300. The normalized spacial score (nSPS) is 16.2. The van der Waals surface area contributed by atoms with Gasteiger partial charge in [-0.2, -0.15) is 0 Å². The molecule has 0 bridgehead atoms. The summed E-state index contributed by atoms with van der Waals surface area (Å²) in [6, 6.07) is 0. The fourth-order valence-corrected chi connectivity index (χ4v) is 1.72. The number of hydrogen-bond acceptors (Lipinski definition) is 3. The monoisotopic (exact) mass is 295 g/mol. The number of carbonyl (C=O) groups is 1. The van der Waals surface area contributed by atoms with Crippen molar-refractivity contribution in [1.82, 2.24) is 0 Å². The largest absolute Gasteiger partial charge is 0.411 e. The van der Waals surface area contributed by atoms with Gasteiger partial charge in [-0.1, -0.05) is 39.8 Å². The quantitative estimate of drug-likeness (QED) is 0.200. The van der Waals surface area contributed by atoms with Gasteiger partial charge < -0.3 is 10.0 Å². The number of allylic oxidation sites excluding steroid dienone is 2. The van der Waals surface area contributed by atoms with Crippen molar-refractivity contribution >= 4 is 12.5 Å². The van der Waals surface area contributed by atoms with Crippen molar-refractivity contribution in [2.45, 2.75) is 53.4 Å². The summed E-state index contributed by atoms with van der Waals surface area (Å²) in [4.78, 5) is 9.99. The van der Waals surface area contributed by atoms with Crippen LogP contribution < -0.4 is 0 Å². The van der Waals surface area contributed by atoms with Crippen LogP contribution >= 0.6 is 0 Å². The molecule has 0 aliphatic heterocycles. The summed E-state index contributed by atoms with van der Waals surface area (Å²) in [6.07, 6.45) is 9.97. The lowest BCUT2D eigenvalue weighted by Crippen LogP contribution is -2.04. The molecular weight excluding hydrogens is 262 g/mol. The molecule has 122 valence electrons. The molecule has 0 aliphatic rings. The minimum absolute atomic E-state index is 0.528. The topological polar surface area (TPSA) is 49.7 Å². The minimum atomic E-state index is 0.528. The Balaban J connectivity index is 0. The van der Waals surface area contributed by atoms with Crippen molar-refractivity contribution in [2.24, 2.45) is 28.8 Å². The maximum atomic E-state index is 9.99. The van der Waals surface area contributed by atoms with Crippen LogP contribution in [-0.4, -0.2) is 17.7 Å². The Hall–Kier alpha value is -1.38. The van der Waals surface area contributed by atoms with Crippen molar-refractivity contribution < 1.29 is 10.0 Å². The molecule has 1 N–H and O–H groups in total. The molecule has 0 rings (SSSR count). The number of rotatable bonds is 10. The summed E-state index contributed by atoms with van der Waals surface area (Å²) in [6.45, 7) is 16.0. The molecule has 0 radical (unpaired) electrons. The average molecular weight is 295 g/mol. The van der Waals surface area contributed by atoms with Gasteiger partial charge in [0.1, 0.15) is 6.29 Å². The zero-order chi connectivity index (χ0) is 16.7. The summed E-state index contributed by atoms with van der Waals surface area (Å²) in [5, 5.41) is 11.1. The second-order valence-corrected chi connectivity index (χ2v) is 5.76. The molecule has 3 nitrogen and oxygen atoms in total. The molecule has 0 saturated carbocycles. The average Bonchev–Trinajstić information content (AvgIpc) is 2.51. The molecule has 0 aromatic carbocycles. The van der Waals surface area contributed by atoms with E-state index in [1.807, 2.05) is 12.2 Å². The fraction of sp³-hybridized carbons (Fsp3) is 0.667. The van der Waals surface area contributed by atoms with Gasteiger partial charge >= 0.3 is 0 Å². The van der Waals surface area contributed by atoms with Crippen LogP contribution in [0.4, 0.5) is 0 Å². The number of hydrogen-bond donors (Lipinski definition) is 1. The van der Waals surface area contributed by atoms with E-state index in [1.54, 1.807) is 0 Å². The lowest BCUT2D eigenvalue weighted by Gasteiger charge is -2.13. The highest BCUT2D eigenvalue weighted by atomic mass is 16.4. The Morgan fingerprint density at radius 3 is 1.71 bits per heavy atom. The number of nitrogens with zero attached hydrogens (tertiary/aromatic N) is 1. The Labute approximate surface area is 130 Å². The molecule has 0 aromatic rings. The molecule has 0 heterocycles. The van der Waals surface area contributed by atoms with E-state index in [9.17, 15) is 4.79 Å². The molecule has 0 unspecified atom stereocenters. The van der Waals surface area contributed by atoms with Gasteiger partial charge in [0, 0.05) is 12.6 Å². The Kier molecular flexibility index (Phi) is 15.7. The summed E-state index contributed by atoms with van der Waals surface area (Å²) in [7, 11) is 0. The van der Waals surface area contributed by atoms with Crippen molar-refractivity contribution in [2.75, 3.05) is 0 Å². The second kappa shape index (κ2) is 15.0. The van der Waals surface area contributed by atoms with Crippen LogP contribution in [0.3, 0.4) is 0 Å². The molecule has 0 saturated heterocycles. The molecule has 0 fully saturated rings. The molecule has 4 atom stereocenters. The van der Waals surface area contributed by atoms with E-state index in [0.29, 0.717) is 30.1 Å². The van der Waals surface area contributed by atoms with Gasteiger partial charge in [0.25, 0.3) is 0 Å². The van der Waals surface area contributed by atoms with Crippen molar-refractivity contribution in [3.05, 3.63) is 25.3 Å². The fourth-order valence-electron chi connectivity index (χ4n) is 1.72. The molecular formula is C18H33NO2. The van der Waals surface area contributed by atoms with Crippen LogP contribution in [0.2, 0.25) is 0 Å². The maximum absolute atomic E-state index is 9.99. The highest BCUT2D eigenvalue weighted by Gasteiger charge is 2.07. The molecule has 21 heavy (non-hydrogen) atoms. The van der Waals surface area contributed by atoms with Crippen LogP contribution in [0.5, 0.6) is 0 Å². The van der Waals surface area contributed by atoms with Crippen molar-refractivity contribution in [3.8, 4) is 0 Å². The highest BCUT2D eigenvalue weighted by molar-refractivity contribution is 5.55.